The van der Waals surface area contributed by atoms with Crippen LogP contribution in [-0.4, -0.2) is 50.3 Å². The molecule has 0 amide bonds. The molecule has 10 heteroatoms. The van der Waals surface area contributed by atoms with Crippen LogP contribution in [0.2, 0.25) is 0 Å². The van der Waals surface area contributed by atoms with E-state index in [-0.39, 0.29) is 30.7 Å². The summed E-state index contributed by atoms with van der Waals surface area (Å²) in [6.45, 7) is 3.93. The van der Waals surface area contributed by atoms with Crippen LogP contribution in [0.25, 0.3) is 0 Å². The Labute approximate surface area is 364 Å². The minimum absolute atomic E-state index is 0.0291. The van der Waals surface area contributed by atoms with Crippen molar-refractivity contribution in [2.75, 3.05) is 26.4 Å². The molecule has 0 bridgehead atoms. The lowest BCUT2D eigenvalue weighted by Crippen LogP contribution is -2.13. The molecular weight excluding hydrogens is 773 g/mol. The number of ether oxygens (including phenoxy) is 4. The lowest BCUT2D eigenvalue weighted by atomic mass is 9.77. The van der Waals surface area contributed by atoms with E-state index >= 15 is 0 Å². The Bertz CT molecular complexity index is 1650. The zero-order valence-corrected chi connectivity index (χ0v) is 36.6. The fourth-order valence-electron chi connectivity index (χ4n) is 7.64. The van der Waals surface area contributed by atoms with E-state index < -0.39 is 5.97 Å². The molecule has 0 unspecified atom stereocenters. The van der Waals surface area contributed by atoms with Gasteiger partial charge >= 0.3 is 23.9 Å². The monoisotopic (exact) mass is 842 g/mol. The van der Waals surface area contributed by atoms with E-state index in [4.69, 9.17) is 28.7 Å². The molecule has 3 aromatic carbocycles. The van der Waals surface area contributed by atoms with E-state index in [1.54, 1.807) is 36.4 Å². The second-order valence-electron chi connectivity index (χ2n) is 16.3. The molecule has 0 N–H and O–H groups in total. The lowest BCUT2D eigenvalue weighted by molar-refractivity contribution is -0.241. The molecule has 10 nitrogen and oxygen atoms in total. The number of carbonyl (C=O) groups excluding carboxylic acids is 4. The summed E-state index contributed by atoms with van der Waals surface area (Å²) in [4.78, 5) is 58.4. The highest BCUT2D eigenvalue weighted by Crippen LogP contribution is 2.38. The molecule has 0 saturated heterocycles. The Balaban J connectivity index is 0.898. The summed E-state index contributed by atoms with van der Waals surface area (Å²) in [6.07, 6.45) is 21.9. The van der Waals surface area contributed by atoms with Crippen molar-refractivity contribution in [1.29, 1.82) is 0 Å². The Hall–Kier alpha value is -4.70. The van der Waals surface area contributed by atoms with Gasteiger partial charge in [0, 0.05) is 0 Å². The van der Waals surface area contributed by atoms with Crippen LogP contribution in [0.15, 0.2) is 78.9 Å². The third kappa shape index (κ3) is 21.1. The summed E-state index contributed by atoms with van der Waals surface area (Å²) in [6, 6.07) is 23.9. The first-order valence-corrected chi connectivity index (χ1v) is 23.2. The number of benzene rings is 3. The second-order valence-corrected chi connectivity index (χ2v) is 16.3. The van der Waals surface area contributed by atoms with E-state index in [0.717, 1.165) is 88.7 Å². The van der Waals surface area contributed by atoms with Gasteiger partial charge in [-0.25, -0.2) is 9.59 Å². The third-order valence-corrected chi connectivity index (χ3v) is 11.3. The fourth-order valence-corrected chi connectivity index (χ4v) is 7.64. The van der Waals surface area contributed by atoms with Crippen molar-refractivity contribution < 1.29 is 47.9 Å². The average Bonchev–Trinajstić information content (AvgIpc) is 3.29. The Kier molecular flexibility index (Phi) is 24.4. The minimum atomic E-state index is -0.496. The number of unbranched alkanes of at least 4 members (excludes halogenated alkanes) is 12. The Morgan fingerprint density at radius 1 is 0.508 bits per heavy atom. The summed E-state index contributed by atoms with van der Waals surface area (Å²) in [5, 5.41) is 0. The van der Waals surface area contributed by atoms with Gasteiger partial charge in [-0.15, -0.1) is 0 Å². The number of hydrogen-bond donors (Lipinski definition) is 0. The SMILES string of the molecule is CCCCCC1CCC(c2ccc(OC(=O)c3ccc(OCCCCCCCCOC(=O)CCC(=O)OCCCCCCCCOOC(=O)c4ccccc4)cc3)cc2)CC1. The molecule has 0 aromatic heterocycles. The second kappa shape index (κ2) is 30.3. The lowest BCUT2D eigenvalue weighted by Gasteiger charge is -2.29. The first-order valence-electron chi connectivity index (χ1n) is 23.2. The molecule has 61 heavy (non-hydrogen) atoms. The highest BCUT2D eigenvalue weighted by Gasteiger charge is 2.22. The van der Waals surface area contributed by atoms with Crippen molar-refractivity contribution in [3.8, 4) is 11.5 Å². The molecule has 0 atom stereocenters. The van der Waals surface area contributed by atoms with Crippen molar-refractivity contribution in [3.63, 3.8) is 0 Å². The summed E-state index contributed by atoms with van der Waals surface area (Å²) < 4.78 is 22.1. The highest BCUT2D eigenvalue weighted by molar-refractivity contribution is 5.91. The molecule has 1 aliphatic rings. The predicted octanol–water partition coefficient (Wildman–Crippen LogP) is 12.5. The number of esters is 3. The Morgan fingerprint density at radius 2 is 1.03 bits per heavy atom. The van der Waals surface area contributed by atoms with E-state index in [9.17, 15) is 19.2 Å². The standard InChI is InChI=1S/C51H70O10/c1-2-3-13-20-41-23-25-42(26-24-41)43-27-33-47(34-28-43)60-50(54)45-29-31-46(32-30-45)56-37-16-8-4-5-9-17-38-57-48(52)35-36-49(53)58-39-18-10-6-7-11-19-40-59-61-51(55)44-21-14-12-15-22-44/h12,14-15,21-22,27-34,41-42H,2-11,13,16-20,23-26,35-40H2,1H3. The molecule has 334 valence electrons. The zero-order chi connectivity index (χ0) is 43.2. The molecule has 1 saturated carbocycles. The summed E-state index contributed by atoms with van der Waals surface area (Å²) in [7, 11) is 0. The van der Waals surface area contributed by atoms with E-state index in [2.05, 4.69) is 19.1 Å². The average molecular weight is 843 g/mol. The molecule has 0 radical (unpaired) electrons. The summed E-state index contributed by atoms with van der Waals surface area (Å²) in [5.74, 6) is 1.17. The molecule has 1 fully saturated rings. The van der Waals surface area contributed by atoms with Crippen LogP contribution in [0.5, 0.6) is 11.5 Å². The highest BCUT2D eigenvalue weighted by atomic mass is 17.2. The summed E-state index contributed by atoms with van der Waals surface area (Å²) in [5.41, 5.74) is 2.29. The van der Waals surface area contributed by atoms with E-state index in [1.807, 2.05) is 30.3 Å². The fraction of sp³-hybridized carbons (Fsp3) is 0.569. The van der Waals surface area contributed by atoms with Crippen molar-refractivity contribution >= 4 is 23.9 Å². The molecule has 0 aliphatic heterocycles. The van der Waals surface area contributed by atoms with Crippen molar-refractivity contribution in [2.45, 2.75) is 154 Å². The smallest absolute Gasteiger partial charge is 0.373 e. The normalized spacial score (nSPS) is 14.8. The maximum absolute atomic E-state index is 12.8. The molecular formula is C51H70O10. The van der Waals surface area contributed by atoms with Crippen molar-refractivity contribution in [2.24, 2.45) is 5.92 Å². The molecule has 4 rings (SSSR count). The van der Waals surface area contributed by atoms with E-state index in [1.165, 1.54) is 56.9 Å². The maximum atomic E-state index is 12.8. The first-order chi connectivity index (χ1) is 29.9. The van der Waals surface area contributed by atoms with Crippen molar-refractivity contribution in [3.05, 3.63) is 95.6 Å². The quantitative estimate of drug-likeness (QED) is 0.0203. The largest absolute Gasteiger partial charge is 0.494 e. The van der Waals surface area contributed by atoms with Crippen LogP contribution in [0.1, 0.15) is 180 Å². The molecule has 0 heterocycles. The van der Waals surface area contributed by atoms with Gasteiger partial charge in [0.25, 0.3) is 0 Å². The van der Waals surface area contributed by atoms with Gasteiger partial charge in [-0.1, -0.05) is 114 Å². The molecule has 3 aromatic rings. The summed E-state index contributed by atoms with van der Waals surface area (Å²) >= 11 is 0. The van der Waals surface area contributed by atoms with Gasteiger partial charge < -0.3 is 18.9 Å². The van der Waals surface area contributed by atoms with Gasteiger partial charge in [-0.05, 0) is 117 Å². The maximum Gasteiger partial charge on any atom is 0.373 e. The van der Waals surface area contributed by atoms with E-state index in [0.29, 0.717) is 49.2 Å². The topological polar surface area (TPSA) is 124 Å². The van der Waals surface area contributed by atoms with Gasteiger partial charge in [0.2, 0.25) is 0 Å². The molecule has 0 spiro atoms. The number of hydrogen-bond acceptors (Lipinski definition) is 10. The van der Waals surface area contributed by atoms with Gasteiger partial charge in [0.1, 0.15) is 11.5 Å². The zero-order valence-electron chi connectivity index (χ0n) is 36.6. The van der Waals surface area contributed by atoms with Crippen LogP contribution >= 0.6 is 0 Å². The van der Waals surface area contributed by atoms with Crippen molar-refractivity contribution in [1.82, 2.24) is 0 Å². The molecule has 1 aliphatic carbocycles. The number of rotatable bonds is 31. The van der Waals surface area contributed by atoms with Crippen LogP contribution < -0.4 is 9.47 Å². The first kappa shape index (κ1) is 49.0. The van der Waals surface area contributed by atoms with Crippen LogP contribution in [0, 0.1) is 5.92 Å². The predicted molar refractivity (Wildman–Crippen MR) is 237 cm³/mol. The third-order valence-electron chi connectivity index (χ3n) is 11.3. The number of carbonyl (C=O) groups is 4. The van der Waals surface area contributed by atoms with Gasteiger partial charge in [0.05, 0.1) is 50.4 Å². The van der Waals surface area contributed by atoms with Gasteiger partial charge in [0.15, 0.2) is 0 Å². The Morgan fingerprint density at radius 3 is 1.62 bits per heavy atom. The van der Waals surface area contributed by atoms with Gasteiger partial charge in [-0.2, -0.15) is 4.89 Å². The van der Waals surface area contributed by atoms with Crippen LogP contribution in [0.3, 0.4) is 0 Å². The minimum Gasteiger partial charge on any atom is -0.494 e. The van der Waals surface area contributed by atoms with Crippen LogP contribution in [0.4, 0.5) is 0 Å². The van der Waals surface area contributed by atoms with Gasteiger partial charge in [-0.3, -0.25) is 14.5 Å². The van der Waals surface area contributed by atoms with Crippen LogP contribution in [-0.2, 0) is 28.8 Å².